The number of nitrogens with zero attached hydrogens (tertiary/aromatic N) is 4. The first-order valence-corrected chi connectivity index (χ1v) is 9.51. The summed E-state index contributed by atoms with van der Waals surface area (Å²) in [6.45, 7) is 4.53. The molecule has 1 atom stereocenters. The minimum Gasteiger partial charge on any atom is -0.492 e. The summed E-state index contributed by atoms with van der Waals surface area (Å²) in [7, 11) is 0. The van der Waals surface area contributed by atoms with Crippen LogP contribution in [0.15, 0.2) is 59.8 Å². The standard InChI is InChI=1S/C19H20N4O3S/c1-3-25-16-13-9-8-12-15(16)23-19(20-21-22-23)27-17(18(24)26-4-2)14-10-6-5-7-11-14/h5-13,17H,3-4H2,1-2H3/t17-/m0/s1. The molecule has 0 radical (unpaired) electrons. The highest BCUT2D eigenvalue weighted by atomic mass is 32.2. The molecule has 0 aliphatic carbocycles. The number of hydrogen-bond donors (Lipinski definition) is 0. The monoisotopic (exact) mass is 384 g/mol. The number of ether oxygens (including phenoxy) is 2. The van der Waals surface area contributed by atoms with Crippen molar-refractivity contribution in [1.29, 1.82) is 0 Å². The van der Waals surface area contributed by atoms with Gasteiger partial charge >= 0.3 is 5.97 Å². The van der Waals surface area contributed by atoms with E-state index in [1.54, 1.807) is 11.6 Å². The molecule has 0 N–H and O–H groups in total. The minimum absolute atomic E-state index is 0.306. The third-order valence-electron chi connectivity index (χ3n) is 3.66. The highest BCUT2D eigenvalue weighted by Crippen LogP contribution is 2.36. The van der Waals surface area contributed by atoms with Gasteiger partial charge in [-0.3, -0.25) is 4.79 Å². The molecule has 0 saturated carbocycles. The van der Waals surface area contributed by atoms with Crippen LogP contribution in [0.2, 0.25) is 0 Å². The summed E-state index contributed by atoms with van der Waals surface area (Å²) in [6.07, 6.45) is 0. The molecule has 0 spiro atoms. The lowest BCUT2D eigenvalue weighted by Crippen LogP contribution is -2.14. The quantitative estimate of drug-likeness (QED) is 0.435. The third kappa shape index (κ3) is 4.46. The molecule has 3 aromatic rings. The van der Waals surface area contributed by atoms with Gasteiger partial charge in [-0.1, -0.05) is 54.2 Å². The minimum atomic E-state index is -0.574. The lowest BCUT2D eigenvalue weighted by Gasteiger charge is -2.16. The number of tetrazole rings is 1. The molecule has 7 nitrogen and oxygen atoms in total. The molecule has 0 bridgehead atoms. The molecule has 0 unspecified atom stereocenters. The van der Waals surface area contributed by atoms with Crippen molar-refractivity contribution >= 4 is 17.7 Å². The summed E-state index contributed by atoms with van der Waals surface area (Å²) >= 11 is 1.24. The highest BCUT2D eigenvalue weighted by molar-refractivity contribution is 8.00. The fourth-order valence-electron chi connectivity index (χ4n) is 2.52. The lowest BCUT2D eigenvalue weighted by atomic mass is 10.1. The fraction of sp³-hybridized carbons (Fsp3) is 0.263. The van der Waals surface area contributed by atoms with E-state index in [0.717, 1.165) is 5.56 Å². The van der Waals surface area contributed by atoms with E-state index in [1.165, 1.54) is 11.8 Å². The van der Waals surface area contributed by atoms with E-state index >= 15 is 0 Å². The second kappa shape index (κ2) is 9.18. The summed E-state index contributed by atoms with van der Waals surface area (Å²) in [5.41, 5.74) is 1.54. The maximum atomic E-state index is 12.5. The van der Waals surface area contributed by atoms with Crippen LogP contribution in [-0.4, -0.2) is 39.4 Å². The second-order valence-corrected chi connectivity index (χ2v) is 6.51. The lowest BCUT2D eigenvalue weighted by molar-refractivity contribution is -0.142. The number of rotatable bonds is 8. The predicted octanol–water partition coefficient (Wildman–Crippen LogP) is 3.46. The van der Waals surface area contributed by atoms with E-state index in [9.17, 15) is 4.79 Å². The van der Waals surface area contributed by atoms with Gasteiger partial charge in [0.15, 0.2) is 0 Å². The predicted molar refractivity (Wildman–Crippen MR) is 102 cm³/mol. The van der Waals surface area contributed by atoms with Gasteiger partial charge in [0.2, 0.25) is 5.16 Å². The molecular formula is C19H20N4O3S. The van der Waals surface area contributed by atoms with Crippen LogP contribution < -0.4 is 4.74 Å². The first kappa shape index (κ1) is 18.9. The first-order chi connectivity index (χ1) is 13.2. The van der Waals surface area contributed by atoms with Crippen LogP contribution in [0.5, 0.6) is 5.75 Å². The largest absolute Gasteiger partial charge is 0.492 e. The van der Waals surface area contributed by atoms with Crippen LogP contribution in [-0.2, 0) is 9.53 Å². The van der Waals surface area contributed by atoms with Gasteiger partial charge < -0.3 is 9.47 Å². The summed E-state index contributed by atoms with van der Waals surface area (Å²) in [6, 6.07) is 16.9. The van der Waals surface area contributed by atoms with Crippen LogP contribution in [0, 0.1) is 0 Å². The van der Waals surface area contributed by atoms with E-state index in [4.69, 9.17) is 9.47 Å². The number of carbonyl (C=O) groups is 1. The molecule has 27 heavy (non-hydrogen) atoms. The molecule has 1 aromatic heterocycles. The van der Waals surface area contributed by atoms with Gasteiger partial charge in [-0.05, 0) is 42.0 Å². The van der Waals surface area contributed by atoms with E-state index in [1.807, 2.05) is 61.5 Å². The molecular weight excluding hydrogens is 364 g/mol. The Morgan fingerprint density at radius 1 is 1.07 bits per heavy atom. The average Bonchev–Trinajstić information content (AvgIpc) is 3.16. The van der Waals surface area contributed by atoms with Gasteiger partial charge in [-0.2, -0.15) is 4.68 Å². The number of esters is 1. The van der Waals surface area contributed by atoms with Crippen molar-refractivity contribution < 1.29 is 14.3 Å². The maximum Gasteiger partial charge on any atom is 0.324 e. The van der Waals surface area contributed by atoms with Gasteiger partial charge in [-0.15, -0.1) is 5.10 Å². The molecule has 3 rings (SSSR count). The Morgan fingerprint density at radius 2 is 1.81 bits per heavy atom. The Hall–Kier alpha value is -2.87. The zero-order valence-corrected chi connectivity index (χ0v) is 15.9. The molecule has 0 aliphatic heterocycles. The Morgan fingerprint density at radius 3 is 2.56 bits per heavy atom. The molecule has 0 fully saturated rings. The molecule has 1 heterocycles. The molecule has 8 heteroatoms. The van der Waals surface area contributed by atoms with Crippen molar-refractivity contribution in [2.75, 3.05) is 13.2 Å². The smallest absolute Gasteiger partial charge is 0.324 e. The summed E-state index contributed by atoms with van der Waals surface area (Å²) < 4.78 is 12.5. The van der Waals surface area contributed by atoms with E-state index in [0.29, 0.717) is 29.8 Å². The average molecular weight is 384 g/mol. The second-order valence-electron chi connectivity index (χ2n) is 5.43. The SMILES string of the molecule is CCOC(=O)[C@@H](Sc1nnnn1-c1ccccc1OCC)c1ccccc1. The fourth-order valence-corrected chi connectivity index (χ4v) is 3.50. The van der Waals surface area contributed by atoms with Crippen LogP contribution >= 0.6 is 11.8 Å². The Balaban J connectivity index is 1.95. The van der Waals surface area contributed by atoms with Crippen molar-refractivity contribution in [2.24, 2.45) is 0 Å². The summed E-state index contributed by atoms with van der Waals surface area (Å²) in [5.74, 6) is 0.336. The number of carbonyl (C=O) groups excluding carboxylic acids is 1. The zero-order chi connectivity index (χ0) is 19.1. The molecule has 2 aromatic carbocycles. The van der Waals surface area contributed by atoms with Gasteiger partial charge in [0.05, 0.1) is 13.2 Å². The Kier molecular flexibility index (Phi) is 6.43. The zero-order valence-electron chi connectivity index (χ0n) is 15.1. The summed E-state index contributed by atoms with van der Waals surface area (Å²) in [4.78, 5) is 12.5. The van der Waals surface area contributed by atoms with Crippen molar-refractivity contribution in [3.05, 3.63) is 60.2 Å². The molecule has 0 aliphatic rings. The van der Waals surface area contributed by atoms with Crippen LogP contribution in [0.1, 0.15) is 24.7 Å². The molecule has 0 amide bonds. The van der Waals surface area contributed by atoms with Crippen molar-refractivity contribution in [1.82, 2.24) is 20.2 Å². The highest BCUT2D eigenvalue weighted by Gasteiger charge is 2.27. The van der Waals surface area contributed by atoms with E-state index in [-0.39, 0.29) is 5.97 Å². The third-order valence-corrected chi connectivity index (χ3v) is 4.83. The van der Waals surface area contributed by atoms with Crippen molar-refractivity contribution in [3.8, 4) is 11.4 Å². The topological polar surface area (TPSA) is 79.1 Å². The number of hydrogen-bond acceptors (Lipinski definition) is 7. The van der Waals surface area contributed by atoms with E-state index in [2.05, 4.69) is 15.5 Å². The Labute approximate surface area is 161 Å². The van der Waals surface area contributed by atoms with Gasteiger partial charge in [0, 0.05) is 0 Å². The Bertz CT molecular complexity index is 885. The molecule has 140 valence electrons. The number of thioether (sulfide) groups is 1. The normalized spacial score (nSPS) is 11.8. The van der Waals surface area contributed by atoms with Crippen molar-refractivity contribution in [3.63, 3.8) is 0 Å². The number of aromatic nitrogens is 4. The molecule has 0 saturated heterocycles. The maximum absolute atomic E-state index is 12.5. The number of para-hydroxylation sites is 2. The van der Waals surface area contributed by atoms with Gasteiger partial charge in [0.1, 0.15) is 16.7 Å². The van der Waals surface area contributed by atoms with Crippen molar-refractivity contribution in [2.45, 2.75) is 24.3 Å². The summed E-state index contributed by atoms with van der Waals surface area (Å²) in [5, 5.41) is 11.9. The van der Waals surface area contributed by atoms with Crippen LogP contribution in [0.3, 0.4) is 0 Å². The van der Waals surface area contributed by atoms with Gasteiger partial charge in [-0.25, -0.2) is 0 Å². The number of benzene rings is 2. The van der Waals surface area contributed by atoms with Gasteiger partial charge in [0.25, 0.3) is 0 Å². The first-order valence-electron chi connectivity index (χ1n) is 8.63. The van der Waals surface area contributed by atoms with Crippen LogP contribution in [0.4, 0.5) is 0 Å². The van der Waals surface area contributed by atoms with E-state index < -0.39 is 5.25 Å². The van der Waals surface area contributed by atoms with Crippen LogP contribution in [0.25, 0.3) is 5.69 Å².